The van der Waals surface area contributed by atoms with Crippen LogP contribution in [0.25, 0.3) is 22.5 Å². The minimum atomic E-state index is -0.738. The van der Waals surface area contributed by atoms with Gasteiger partial charge in [0.25, 0.3) is 0 Å². The molecule has 0 atom stereocenters. The Morgan fingerprint density at radius 2 is 1.41 bits per heavy atom. The lowest BCUT2D eigenvalue weighted by Gasteiger charge is -2.10. The number of hydrogen-bond acceptors (Lipinski definition) is 8. The van der Waals surface area contributed by atoms with Crippen LogP contribution in [0.4, 0.5) is 20.3 Å². The Hall–Kier alpha value is -6.17. The van der Waals surface area contributed by atoms with E-state index in [2.05, 4.69) is 20.3 Å². The SMILES string of the molecule is COc1ccc(-c2cn(C)c(C)n2)cc1C(=O)c1ccc(Nc2ccc(F)cc2F)nc1.COc1ccc(-c2cn(C)c(C)n2)cc1C=O. The second-order valence-electron chi connectivity index (χ2n) is 11.1. The van der Waals surface area contributed by atoms with Crippen LogP contribution in [0.3, 0.4) is 0 Å². The minimum Gasteiger partial charge on any atom is -0.496 e. The summed E-state index contributed by atoms with van der Waals surface area (Å²) in [7, 11) is 6.89. The van der Waals surface area contributed by atoms with Crippen LogP contribution in [-0.2, 0) is 14.1 Å². The zero-order chi connectivity index (χ0) is 35.2. The van der Waals surface area contributed by atoms with Crippen LogP contribution in [0.5, 0.6) is 11.5 Å². The third-order valence-electron chi connectivity index (χ3n) is 7.83. The summed E-state index contributed by atoms with van der Waals surface area (Å²) in [6.45, 7) is 3.84. The summed E-state index contributed by atoms with van der Waals surface area (Å²) in [6, 6.07) is 17.1. The molecule has 0 aliphatic heterocycles. The van der Waals surface area contributed by atoms with Crippen molar-refractivity contribution in [1.29, 1.82) is 0 Å². The number of halogens is 2. The number of imidazole rings is 2. The molecule has 3 aromatic heterocycles. The number of aromatic nitrogens is 5. The molecule has 0 saturated heterocycles. The van der Waals surface area contributed by atoms with Crippen molar-refractivity contribution in [2.24, 2.45) is 14.1 Å². The molecule has 3 heterocycles. The van der Waals surface area contributed by atoms with Gasteiger partial charge in [-0.25, -0.2) is 23.7 Å². The molecule has 250 valence electrons. The van der Waals surface area contributed by atoms with Gasteiger partial charge < -0.3 is 23.9 Å². The average Bonchev–Trinajstić information content (AvgIpc) is 3.64. The Kier molecular flexibility index (Phi) is 10.3. The highest BCUT2D eigenvalue weighted by atomic mass is 19.1. The van der Waals surface area contributed by atoms with E-state index >= 15 is 0 Å². The largest absolute Gasteiger partial charge is 0.496 e. The topological polar surface area (TPSA) is 113 Å². The molecule has 0 saturated carbocycles. The molecular weight excluding hydrogens is 630 g/mol. The van der Waals surface area contributed by atoms with Gasteiger partial charge >= 0.3 is 0 Å². The number of benzene rings is 3. The third kappa shape index (κ3) is 7.70. The van der Waals surface area contributed by atoms with Crippen LogP contribution in [0.15, 0.2) is 85.3 Å². The first kappa shape index (κ1) is 34.2. The maximum absolute atomic E-state index is 13.8. The van der Waals surface area contributed by atoms with Gasteiger partial charge in [0.1, 0.15) is 40.6 Å². The van der Waals surface area contributed by atoms with E-state index in [1.54, 1.807) is 43.5 Å². The molecule has 6 rings (SSSR count). The van der Waals surface area contributed by atoms with E-state index in [1.807, 2.05) is 61.6 Å². The number of pyridine rings is 1. The maximum Gasteiger partial charge on any atom is 0.198 e. The fourth-order valence-electron chi connectivity index (χ4n) is 4.91. The van der Waals surface area contributed by atoms with Gasteiger partial charge in [0.2, 0.25) is 0 Å². The first-order chi connectivity index (χ1) is 23.5. The number of rotatable bonds is 9. The van der Waals surface area contributed by atoms with Crippen molar-refractivity contribution in [3.63, 3.8) is 0 Å². The number of aryl methyl sites for hydroxylation is 4. The van der Waals surface area contributed by atoms with Crippen molar-refractivity contribution in [3.8, 4) is 34.0 Å². The number of nitrogens with zero attached hydrogens (tertiary/aromatic N) is 5. The molecule has 0 unspecified atom stereocenters. The smallest absolute Gasteiger partial charge is 0.198 e. The minimum absolute atomic E-state index is 0.0815. The highest BCUT2D eigenvalue weighted by Crippen LogP contribution is 2.29. The molecule has 10 nitrogen and oxygen atoms in total. The second-order valence-corrected chi connectivity index (χ2v) is 11.1. The van der Waals surface area contributed by atoms with E-state index in [0.29, 0.717) is 34.0 Å². The Balaban J connectivity index is 0.000000232. The number of ether oxygens (including phenoxy) is 2. The van der Waals surface area contributed by atoms with Crippen molar-refractivity contribution < 1.29 is 27.8 Å². The van der Waals surface area contributed by atoms with Gasteiger partial charge in [-0.05, 0) is 74.5 Å². The lowest BCUT2D eigenvalue weighted by Crippen LogP contribution is -2.06. The normalized spacial score (nSPS) is 10.6. The van der Waals surface area contributed by atoms with Crippen LogP contribution < -0.4 is 14.8 Å². The Labute approximate surface area is 282 Å². The standard InChI is InChI=1S/C24H20F2N4O2.C13H14N2O2/c1-14-28-21(13-30(14)2)15-4-8-22(32-3)18(10-15)24(31)16-5-9-23(27-12-16)29-20-7-6-17(25)11-19(20)26;1-9-14-12(7-15(9)2)10-4-5-13(17-3)11(6-10)8-16/h4-13H,1-3H3,(H,27,29);4-8H,1-3H3. The number of carbonyl (C=O) groups excluding carboxylic acids is 2. The van der Waals surface area contributed by atoms with Crippen LogP contribution >= 0.6 is 0 Å². The van der Waals surface area contributed by atoms with Gasteiger partial charge in [-0.1, -0.05) is 0 Å². The average molecular weight is 665 g/mol. The number of hydrogen-bond donors (Lipinski definition) is 1. The third-order valence-corrected chi connectivity index (χ3v) is 7.83. The summed E-state index contributed by atoms with van der Waals surface area (Å²) >= 11 is 0. The van der Waals surface area contributed by atoms with Gasteiger partial charge in [0.15, 0.2) is 12.1 Å². The number of carbonyl (C=O) groups is 2. The highest BCUT2D eigenvalue weighted by molar-refractivity contribution is 6.11. The molecule has 6 aromatic rings. The second kappa shape index (κ2) is 14.7. The molecule has 0 aliphatic rings. The first-order valence-corrected chi connectivity index (χ1v) is 15.1. The van der Waals surface area contributed by atoms with Crippen LogP contribution in [0, 0.1) is 25.5 Å². The fourth-order valence-corrected chi connectivity index (χ4v) is 4.91. The zero-order valence-corrected chi connectivity index (χ0v) is 27.8. The van der Waals surface area contributed by atoms with Crippen molar-refractivity contribution in [1.82, 2.24) is 24.1 Å². The summed E-state index contributed by atoms with van der Waals surface area (Å²) in [6.07, 6.45) is 6.01. The molecule has 0 spiro atoms. The first-order valence-electron chi connectivity index (χ1n) is 15.1. The fraction of sp³-hybridized carbons (Fsp3) is 0.162. The molecule has 3 aromatic carbocycles. The summed E-state index contributed by atoms with van der Waals surface area (Å²) in [4.78, 5) is 37.2. The summed E-state index contributed by atoms with van der Waals surface area (Å²) in [5, 5.41) is 2.77. The lowest BCUT2D eigenvalue weighted by atomic mass is 10.0. The lowest BCUT2D eigenvalue weighted by molar-refractivity contribution is 0.103. The molecule has 0 bridgehead atoms. The molecule has 0 amide bonds. The summed E-state index contributed by atoms with van der Waals surface area (Å²) < 4.78 is 41.2. The predicted octanol–water partition coefficient (Wildman–Crippen LogP) is 7.27. The van der Waals surface area contributed by atoms with Gasteiger partial charge in [-0.3, -0.25) is 9.59 Å². The van der Waals surface area contributed by atoms with E-state index < -0.39 is 11.6 Å². The van der Waals surface area contributed by atoms with Crippen molar-refractivity contribution in [2.45, 2.75) is 13.8 Å². The maximum atomic E-state index is 13.8. The number of anilines is 2. The van der Waals surface area contributed by atoms with Gasteiger partial charge in [-0.15, -0.1) is 0 Å². The molecule has 1 N–H and O–H groups in total. The van der Waals surface area contributed by atoms with E-state index in [9.17, 15) is 18.4 Å². The Morgan fingerprint density at radius 3 is 1.92 bits per heavy atom. The van der Waals surface area contributed by atoms with E-state index in [-0.39, 0.29) is 11.5 Å². The molecule has 0 aliphatic carbocycles. The Morgan fingerprint density at radius 1 is 0.796 bits per heavy atom. The van der Waals surface area contributed by atoms with E-state index in [0.717, 1.165) is 52.6 Å². The summed E-state index contributed by atoms with van der Waals surface area (Å²) in [5.74, 6) is 1.44. The van der Waals surface area contributed by atoms with Gasteiger partial charge in [0.05, 0.1) is 42.4 Å². The number of nitrogens with one attached hydrogen (secondary N) is 1. The molecule has 0 fully saturated rings. The molecule has 49 heavy (non-hydrogen) atoms. The van der Waals surface area contributed by atoms with Crippen molar-refractivity contribution in [3.05, 3.63) is 125 Å². The molecule has 0 radical (unpaired) electrons. The van der Waals surface area contributed by atoms with E-state index in [4.69, 9.17) is 9.47 Å². The number of methoxy groups -OCH3 is 2. The predicted molar refractivity (Wildman–Crippen MR) is 183 cm³/mol. The zero-order valence-electron chi connectivity index (χ0n) is 27.8. The summed E-state index contributed by atoms with van der Waals surface area (Å²) in [5.41, 5.74) is 4.64. The number of ketones is 1. The quantitative estimate of drug-likeness (QED) is 0.127. The van der Waals surface area contributed by atoms with Gasteiger partial charge in [-0.2, -0.15) is 0 Å². The van der Waals surface area contributed by atoms with Crippen LogP contribution in [0.1, 0.15) is 37.9 Å². The van der Waals surface area contributed by atoms with Crippen LogP contribution in [0.2, 0.25) is 0 Å². The van der Waals surface area contributed by atoms with Gasteiger partial charge in [0, 0.05) is 55.4 Å². The Bertz CT molecular complexity index is 2100. The molecular formula is C37H34F2N6O4. The van der Waals surface area contributed by atoms with E-state index in [1.165, 1.54) is 19.4 Å². The van der Waals surface area contributed by atoms with Crippen molar-refractivity contribution in [2.75, 3.05) is 19.5 Å². The van der Waals surface area contributed by atoms with Crippen LogP contribution in [-0.4, -0.2) is 50.4 Å². The molecule has 12 heteroatoms. The van der Waals surface area contributed by atoms with Crippen molar-refractivity contribution >= 4 is 23.6 Å². The number of aldehydes is 1. The highest BCUT2D eigenvalue weighted by Gasteiger charge is 2.18. The monoisotopic (exact) mass is 664 g/mol.